The molecule has 2 heterocycles. The van der Waals surface area contributed by atoms with E-state index >= 15 is 0 Å². The van der Waals surface area contributed by atoms with E-state index in [-0.39, 0.29) is 52.2 Å². The van der Waals surface area contributed by atoms with Crippen LogP contribution in [0.5, 0.6) is 11.5 Å². The van der Waals surface area contributed by atoms with Crippen LogP contribution in [-0.2, 0) is 9.59 Å². The van der Waals surface area contributed by atoms with Crippen LogP contribution in [0.15, 0.2) is 24.4 Å². The lowest BCUT2D eigenvalue weighted by Gasteiger charge is -2.26. The first-order valence-corrected chi connectivity index (χ1v) is 13.9. The molecule has 42 heavy (non-hydrogen) atoms. The number of carbonyl (C=O) groups is 3. The van der Waals surface area contributed by atoms with Crippen LogP contribution in [0.1, 0.15) is 67.8 Å². The summed E-state index contributed by atoms with van der Waals surface area (Å²) in [6, 6.07) is 2.28. The molecule has 3 unspecified atom stereocenters. The predicted molar refractivity (Wildman–Crippen MR) is 155 cm³/mol. The van der Waals surface area contributed by atoms with Crippen molar-refractivity contribution >= 4 is 29.1 Å². The third kappa shape index (κ3) is 6.13. The number of ether oxygens (including phenoxy) is 1. The van der Waals surface area contributed by atoms with Gasteiger partial charge in [0.05, 0.1) is 60.2 Å². The van der Waals surface area contributed by atoms with Crippen molar-refractivity contribution in [3.8, 4) is 11.5 Å². The maximum absolute atomic E-state index is 13.6. The second-order valence-corrected chi connectivity index (χ2v) is 11.6. The van der Waals surface area contributed by atoms with Crippen molar-refractivity contribution in [1.29, 1.82) is 0 Å². The first-order chi connectivity index (χ1) is 19.8. The number of likely N-dealkylation sites (tertiary alicyclic amines) is 1. The minimum atomic E-state index is -1.55. The number of methoxy groups -OCH3 is 1. The topological polar surface area (TPSA) is 213 Å². The molecule has 0 radical (unpaired) electrons. The van der Waals surface area contributed by atoms with E-state index in [9.17, 15) is 29.7 Å². The summed E-state index contributed by atoms with van der Waals surface area (Å²) in [7, 11) is 1.32. The molecule has 13 nitrogen and oxygen atoms in total. The maximum Gasteiger partial charge on any atom is 0.256 e. The lowest BCUT2D eigenvalue weighted by Crippen LogP contribution is -2.50. The zero-order chi connectivity index (χ0) is 30.9. The molecule has 1 aromatic carbocycles. The molecular formula is C29H40N6O7. The molecule has 1 aromatic heterocycles. The number of amides is 3. The largest absolute Gasteiger partial charge is 0.504 e. The third-order valence-corrected chi connectivity index (χ3v) is 8.22. The summed E-state index contributed by atoms with van der Waals surface area (Å²) in [5.74, 6) is -1.96. The number of phenolic OH excluding ortho intramolecular Hbond substituents is 1. The number of nitrogens with one attached hydrogen (secondary N) is 2. The quantitative estimate of drug-likeness (QED) is 0.196. The molecule has 1 aliphatic heterocycles. The number of aliphatic hydroxyl groups is 2. The van der Waals surface area contributed by atoms with E-state index in [1.54, 1.807) is 18.7 Å². The summed E-state index contributed by atoms with van der Waals surface area (Å²) in [4.78, 5) is 44.2. The average molecular weight is 585 g/mol. The molecule has 228 valence electrons. The fourth-order valence-electron chi connectivity index (χ4n) is 5.27. The van der Waals surface area contributed by atoms with Crippen LogP contribution in [0.25, 0.3) is 0 Å². The number of hydrogen-bond donors (Lipinski definition) is 7. The van der Waals surface area contributed by atoms with Gasteiger partial charge in [-0.05, 0) is 55.7 Å². The smallest absolute Gasteiger partial charge is 0.256 e. The molecule has 2 fully saturated rings. The molecule has 1 saturated heterocycles. The van der Waals surface area contributed by atoms with Gasteiger partial charge in [-0.1, -0.05) is 13.8 Å². The molecule has 9 N–H and O–H groups in total. The Kier molecular flexibility index (Phi) is 8.95. The van der Waals surface area contributed by atoms with E-state index < -0.39 is 41.7 Å². The third-order valence-electron chi connectivity index (χ3n) is 8.22. The molecule has 2 aliphatic rings. The van der Waals surface area contributed by atoms with E-state index in [2.05, 4.69) is 15.6 Å². The van der Waals surface area contributed by atoms with Gasteiger partial charge in [-0.15, -0.1) is 0 Å². The monoisotopic (exact) mass is 584 g/mol. The Hall–Kier alpha value is -3.94. The standard InChI is InChI=1S/C29H40N6O7/c1-14(2)22(30)27(40)33-15(3)26(39)34-16-5-6-19(32-11-16)24(37)21-23(31)18(9-20(42-4)25(21)38)28(41)35-13-29(7-8-29)10-17(35)12-36/h5-6,9,11,14-15,17,22,24,36-38H,7-8,10,12-13,30-31H2,1-4H3,(H,33,40)(H,34,39)/t15?,17?,22-,24?/m0/s1. The number of nitrogen functional groups attached to an aromatic ring is 1. The summed E-state index contributed by atoms with van der Waals surface area (Å²) < 4.78 is 5.28. The van der Waals surface area contributed by atoms with E-state index in [1.807, 2.05) is 0 Å². The van der Waals surface area contributed by atoms with Crippen molar-refractivity contribution in [1.82, 2.24) is 15.2 Å². The van der Waals surface area contributed by atoms with Crippen molar-refractivity contribution in [3.63, 3.8) is 0 Å². The van der Waals surface area contributed by atoms with Gasteiger partial charge in [0.25, 0.3) is 5.91 Å². The number of carbonyl (C=O) groups excluding carboxylic acids is 3. The van der Waals surface area contributed by atoms with Gasteiger partial charge in [0.1, 0.15) is 12.1 Å². The van der Waals surface area contributed by atoms with Gasteiger partial charge < -0.3 is 47.1 Å². The van der Waals surface area contributed by atoms with Gasteiger partial charge in [0, 0.05) is 6.54 Å². The fraction of sp³-hybridized carbons (Fsp3) is 0.517. The van der Waals surface area contributed by atoms with Crippen molar-refractivity contribution in [2.24, 2.45) is 17.1 Å². The van der Waals surface area contributed by atoms with Crippen molar-refractivity contribution < 1.29 is 34.4 Å². The van der Waals surface area contributed by atoms with Crippen LogP contribution < -0.4 is 26.8 Å². The Morgan fingerprint density at radius 1 is 1.21 bits per heavy atom. The van der Waals surface area contributed by atoms with Crippen LogP contribution in [-0.4, -0.2) is 81.3 Å². The van der Waals surface area contributed by atoms with Gasteiger partial charge in [-0.2, -0.15) is 0 Å². The zero-order valence-electron chi connectivity index (χ0n) is 24.3. The molecule has 3 amide bonds. The number of hydrogen-bond acceptors (Lipinski definition) is 10. The number of nitrogens with zero attached hydrogens (tertiary/aromatic N) is 2. The first kappa shape index (κ1) is 31.0. The number of aromatic hydroxyl groups is 1. The van der Waals surface area contributed by atoms with Crippen molar-refractivity contribution in [3.05, 3.63) is 41.2 Å². The molecule has 4 rings (SSSR count). The number of nitrogens with two attached hydrogens (primary N) is 2. The van der Waals surface area contributed by atoms with Gasteiger partial charge in [0.15, 0.2) is 11.5 Å². The second kappa shape index (κ2) is 12.1. The van der Waals surface area contributed by atoms with Crippen molar-refractivity contribution in [2.75, 3.05) is 31.3 Å². The number of anilines is 2. The van der Waals surface area contributed by atoms with Gasteiger partial charge in [-0.3, -0.25) is 19.4 Å². The number of aromatic nitrogens is 1. The molecule has 1 spiro atoms. The SMILES string of the molecule is COc1cc(C(=O)N2CC3(CC3)CC2CO)c(N)c(C(O)c2ccc(NC(=O)C(C)NC(=O)[C@@H](N)C(C)C)cn2)c1O. The van der Waals surface area contributed by atoms with E-state index in [0.717, 1.165) is 12.8 Å². The van der Waals surface area contributed by atoms with E-state index in [1.165, 1.54) is 38.4 Å². The summed E-state index contributed by atoms with van der Waals surface area (Å²) in [6.45, 7) is 5.45. The Bertz CT molecular complexity index is 1340. The lowest BCUT2D eigenvalue weighted by molar-refractivity contribution is -0.127. The van der Waals surface area contributed by atoms with Gasteiger partial charge >= 0.3 is 0 Å². The van der Waals surface area contributed by atoms with E-state index in [4.69, 9.17) is 16.2 Å². The van der Waals surface area contributed by atoms with Crippen LogP contribution >= 0.6 is 0 Å². The first-order valence-electron chi connectivity index (χ1n) is 13.9. The zero-order valence-corrected chi connectivity index (χ0v) is 24.3. The van der Waals surface area contributed by atoms with Crippen LogP contribution in [0.2, 0.25) is 0 Å². The normalized spacial score (nSPS) is 19.3. The molecule has 1 aliphatic carbocycles. The second-order valence-electron chi connectivity index (χ2n) is 11.6. The molecule has 2 aromatic rings. The Morgan fingerprint density at radius 2 is 1.90 bits per heavy atom. The molecular weight excluding hydrogens is 544 g/mol. The number of aliphatic hydroxyl groups excluding tert-OH is 2. The van der Waals surface area contributed by atoms with Gasteiger partial charge in [0.2, 0.25) is 11.8 Å². The van der Waals surface area contributed by atoms with Crippen LogP contribution in [0, 0.1) is 11.3 Å². The van der Waals surface area contributed by atoms with E-state index in [0.29, 0.717) is 18.7 Å². The van der Waals surface area contributed by atoms with Crippen molar-refractivity contribution in [2.45, 2.75) is 64.3 Å². The molecule has 0 bridgehead atoms. The minimum absolute atomic E-state index is 0.0342. The predicted octanol–water partition coefficient (Wildman–Crippen LogP) is 0.873. The molecule has 13 heteroatoms. The highest BCUT2D eigenvalue weighted by Gasteiger charge is 2.53. The Morgan fingerprint density at radius 3 is 2.45 bits per heavy atom. The summed E-state index contributed by atoms with van der Waals surface area (Å²) in [6.07, 6.45) is 2.45. The Labute approximate surface area is 244 Å². The summed E-state index contributed by atoms with van der Waals surface area (Å²) in [5.41, 5.74) is 12.4. The number of benzene rings is 1. The minimum Gasteiger partial charge on any atom is -0.504 e. The highest BCUT2D eigenvalue weighted by molar-refractivity contribution is 6.01. The summed E-state index contributed by atoms with van der Waals surface area (Å²) in [5, 5.41) is 37.2. The van der Waals surface area contributed by atoms with Crippen LogP contribution in [0.3, 0.4) is 0 Å². The van der Waals surface area contributed by atoms with Gasteiger partial charge in [-0.25, -0.2) is 0 Å². The maximum atomic E-state index is 13.6. The fourth-order valence-corrected chi connectivity index (χ4v) is 5.27. The average Bonchev–Trinajstić information content (AvgIpc) is 3.62. The highest BCUT2D eigenvalue weighted by Crippen LogP contribution is 2.55. The summed E-state index contributed by atoms with van der Waals surface area (Å²) >= 11 is 0. The number of rotatable bonds is 10. The van der Waals surface area contributed by atoms with Crippen LogP contribution in [0.4, 0.5) is 11.4 Å². The molecule has 1 saturated carbocycles. The molecule has 4 atom stereocenters. The number of phenols is 1. The highest BCUT2D eigenvalue weighted by atomic mass is 16.5. The number of pyridine rings is 1. The Balaban J connectivity index is 1.53. The lowest BCUT2D eigenvalue weighted by atomic mass is 9.97.